The van der Waals surface area contributed by atoms with Gasteiger partial charge in [-0.1, -0.05) is 24.3 Å². The number of para-hydroxylation sites is 2. The van der Waals surface area contributed by atoms with E-state index in [0.29, 0.717) is 13.2 Å². The number of unbranched alkanes of at least 4 members (excludes halogenated alkanes) is 1. The first-order valence-corrected chi connectivity index (χ1v) is 10.8. The Kier molecular flexibility index (Phi) is 8.69. The van der Waals surface area contributed by atoms with E-state index in [2.05, 4.69) is 27.5 Å². The number of carbonyl (C=O) groups excluding carboxylic acids is 1. The van der Waals surface area contributed by atoms with Crippen molar-refractivity contribution in [3.63, 3.8) is 0 Å². The van der Waals surface area contributed by atoms with Crippen LogP contribution in [0.25, 0.3) is 11.0 Å². The van der Waals surface area contributed by atoms with E-state index in [4.69, 9.17) is 14.2 Å². The maximum atomic E-state index is 11.8. The average molecular weight is 438 g/mol. The summed E-state index contributed by atoms with van der Waals surface area (Å²) < 4.78 is 18.5. The number of nitrogens with one attached hydrogen (secondary N) is 1. The summed E-state index contributed by atoms with van der Waals surface area (Å²) in [4.78, 5) is 16.5. The normalized spacial score (nSPS) is 10.8. The maximum Gasteiger partial charge on any atom is 0.246 e. The van der Waals surface area contributed by atoms with E-state index in [-0.39, 0.29) is 12.5 Å². The highest BCUT2D eigenvalue weighted by Crippen LogP contribution is 2.28. The van der Waals surface area contributed by atoms with Gasteiger partial charge in [-0.3, -0.25) is 4.79 Å². The fourth-order valence-corrected chi connectivity index (χ4v) is 3.55. The predicted molar refractivity (Wildman–Crippen MR) is 125 cm³/mol. The van der Waals surface area contributed by atoms with Crippen molar-refractivity contribution in [3.05, 3.63) is 66.5 Å². The quantitative estimate of drug-likeness (QED) is 0.324. The first-order chi connectivity index (χ1) is 15.7. The van der Waals surface area contributed by atoms with Crippen molar-refractivity contribution in [1.82, 2.24) is 14.9 Å². The number of amides is 1. The fourth-order valence-electron chi connectivity index (χ4n) is 3.55. The number of carbonyl (C=O) groups is 1. The Morgan fingerprint density at radius 3 is 2.78 bits per heavy atom. The lowest BCUT2D eigenvalue weighted by molar-refractivity contribution is -0.124. The van der Waals surface area contributed by atoms with E-state index in [1.54, 1.807) is 7.11 Å². The number of nitrogens with zero attached hydrogens (tertiary/aromatic N) is 2. The number of methoxy groups -OCH3 is 2. The van der Waals surface area contributed by atoms with E-state index in [0.717, 1.165) is 59.7 Å². The number of hydrogen-bond donors (Lipinski definition) is 1. The van der Waals surface area contributed by atoms with Crippen LogP contribution >= 0.6 is 0 Å². The zero-order valence-electron chi connectivity index (χ0n) is 18.8. The molecule has 0 bridgehead atoms. The molecule has 2 aromatic carbocycles. The number of aryl methyl sites for hydroxylation is 1. The van der Waals surface area contributed by atoms with Gasteiger partial charge in [0.15, 0.2) is 11.5 Å². The lowest BCUT2D eigenvalue weighted by Crippen LogP contribution is -2.28. The molecule has 32 heavy (non-hydrogen) atoms. The Hall–Kier alpha value is -3.32. The van der Waals surface area contributed by atoms with Crippen molar-refractivity contribution in [2.24, 2.45) is 0 Å². The number of aromatic nitrogens is 2. The summed E-state index contributed by atoms with van der Waals surface area (Å²) >= 11 is 0. The molecule has 1 amide bonds. The van der Waals surface area contributed by atoms with Crippen molar-refractivity contribution in [2.45, 2.75) is 32.4 Å². The van der Waals surface area contributed by atoms with Crippen molar-refractivity contribution in [3.8, 4) is 11.5 Å². The van der Waals surface area contributed by atoms with Gasteiger partial charge in [0.1, 0.15) is 12.4 Å². The minimum Gasteiger partial charge on any atom is -0.493 e. The third-order valence-electron chi connectivity index (χ3n) is 5.09. The largest absolute Gasteiger partial charge is 0.493 e. The average Bonchev–Trinajstić information content (AvgIpc) is 3.16. The second-order valence-corrected chi connectivity index (χ2v) is 7.41. The van der Waals surface area contributed by atoms with Crippen LogP contribution in [0.1, 0.15) is 24.2 Å². The van der Waals surface area contributed by atoms with Crippen LogP contribution in [0, 0.1) is 0 Å². The van der Waals surface area contributed by atoms with Crippen molar-refractivity contribution < 1.29 is 19.0 Å². The van der Waals surface area contributed by atoms with Crippen LogP contribution in [0.3, 0.4) is 0 Å². The summed E-state index contributed by atoms with van der Waals surface area (Å²) in [6.07, 6.45) is 4.45. The van der Waals surface area contributed by atoms with Crippen molar-refractivity contribution >= 4 is 16.9 Å². The molecule has 3 rings (SSSR count). The number of rotatable bonds is 13. The molecule has 7 nitrogen and oxygen atoms in total. The molecule has 0 aliphatic carbocycles. The molecule has 0 aliphatic heterocycles. The predicted octanol–water partition coefficient (Wildman–Crippen LogP) is 3.90. The standard InChI is InChI=1S/C25H31N3O4/c1-4-9-19-12-13-22(23(16-19)31-3)32-15-8-7-14-28-21-11-6-5-10-20(21)27-24(28)17-26-25(29)18-30-2/h4-6,10-13,16H,1,7-9,14-15,17-18H2,2-3H3,(H,26,29). The molecule has 7 heteroatoms. The molecule has 0 fully saturated rings. The van der Waals surface area contributed by atoms with Gasteiger partial charge in [0.2, 0.25) is 5.91 Å². The summed E-state index contributed by atoms with van der Waals surface area (Å²) in [5.74, 6) is 2.15. The van der Waals surface area contributed by atoms with Crippen LogP contribution in [-0.4, -0.2) is 42.9 Å². The van der Waals surface area contributed by atoms with E-state index >= 15 is 0 Å². The molecule has 1 aromatic heterocycles. The molecule has 1 heterocycles. The second kappa shape index (κ2) is 11.9. The molecule has 170 valence electrons. The number of fused-ring (bicyclic) bond motifs is 1. The first-order valence-electron chi connectivity index (χ1n) is 10.8. The SMILES string of the molecule is C=CCc1ccc(OCCCCn2c(CNC(=O)COC)nc3ccccc32)c(OC)c1. The molecule has 1 N–H and O–H groups in total. The highest BCUT2D eigenvalue weighted by molar-refractivity contribution is 5.78. The van der Waals surface area contributed by atoms with Gasteiger partial charge in [0.05, 0.1) is 31.3 Å². The molecule has 0 radical (unpaired) electrons. The van der Waals surface area contributed by atoms with Gasteiger partial charge in [0, 0.05) is 13.7 Å². The minimum atomic E-state index is -0.160. The third-order valence-corrected chi connectivity index (χ3v) is 5.09. The number of benzene rings is 2. The van der Waals surface area contributed by atoms with Gasteiger partial charge < -0.3 is 24.1 Å². The molecule has 0 saturated heterocycles. The monoisotopic (exact) mass is 437 g/mol. The van der Waals surface area contributed by atoms with E-state index in [1.165, 1.54) is 7.11 Å². The Balaban J connectivity index is 1.57. The Labute approximate surface area is 189 Å². The number of imidazole rings is 1. The number of ether oxygens (including phenoxy) is 3. The Morgan fingerprint density at radius 2 is 2.00 bits per heavy atom. The topological polar surface area (TPSA) is 74.6 Å². The third kappa shape index (κ3) is 6.11. The van der Waals surface area contributed by atoms with Crippen LogP contribution in [0.15, 0.2) is 55.1 Å². The molecule has 3 aromatic rings. The zero-order chi connectivity index (χ0) is 22.8. The molecule has 0 spiro atoms. The molecule has 0 saturated carbocycles. The maximum absolute atomic E-state index is 11.8. The number of hydrogen-bond acceptors (Lipinski definition) is 5. The highest BCUT2D eigenvalue weighted by Gasteiger charge is 2.12. The zero-order valence-corrected chi connectivity index (χ0v) is 18.8. The van der Waals surface area contributed by atoms with Crippen LogP contribution in [0.2, 0.25) is 0 Å². The van der Waals surface area contributed by atoms with Gasteiger partial charge in [0.25, 0.3) is 0 Å². The van der Waals surface area contributed by atoms with Gasteiger partial charge in [-0.25, -0.2) is 4.98 Å². The highest BCUT2D eigenvalue weighted by atomic mass is 16.5. The minimum absolute atomic E-state index is 0.0373. The van der Waals surface area contributed by atoms with Gasteiger partial charge in [-0.05, 0) is 49.1 Å². The molecule has 0 aliphatic rings. The second-order valence-electron chi connectivity index (χ2n) is 7.41. The molecule has 0 atom stereocenters. The summed E-state index contributed by atoms with van der Waals surface area (Å²) in [7, 11) is 3.15. The van der Waals surface area contributed by atoms with Crippen molar-refractivity contribution in [1.29, 1.82) is 0 Å². The van der Waals surface area contributed by atoms with E-state index in [9.17, 15) is 4.79 Å². The van der Waals surface area contributed by atoms with Crippen LogP contribution in [0.5, 0.6) is 11.5 Å². The number of allylic oxidation sites excluding steroid dienone is 1. The summed E-state index contributed by atoms with van der Waals surface area (Å²) in [6, 6.07) is 14.0. The summed E-state index contributed by atoms with van der Waals surface area (Å²) in [6.45, 7) is 5.55. The van der Waals surface area contributed by atoms with Gasteiger partial charge >= 0.3 is 0 Å². The molecular formula is C25H31N3O4. The summed E-state index contributed by atoms with van der Waals surface area (Å²) in [5.41, 5.74) is 3.12. The smallest absolute Gasteiger partial charge is 0.246 e. The first kappa shape index (κ1) is 23.3. The van der Waals surface area contributed by atoms with Crippen LogP contribution in [0.4, 0.5) is 0 Å². The van der Waals surface area contributed by atoms with Crippen molar-refractivity contribution in [2.75, 3.05) is 27.4 Å². The van der Waals surface area contributed by atoms with E-state index in [1.807, 2.05) is 42.5 Å². The molecular weight excluding hydrogens is 406 g/mol. The Morgan fingerprint density at radius 1 is 1.16 bits per heavy atom. The van der Waals surface area contributed by atoms with E-state index < -0.39 is 0 Å². The lowest BCUT2D eigenvalue weighted by Gasteiger charge is -2.13. The summed E-state index contributed by atoms with van der Waals surface area (Å²) in [5, 5.41) is 2.86. The van der Waals surface area contributed by atoms with Gasteiger partial charge in [-0.15, -0.1) is 6.58 Å². The van der Waals surface area contributed by atoms with Crippen LogP contribution in [-0.2, 0) is 29.0 Å². The lowest BCUT2D eigenvalue weighted by atomic mass is 10.1. The van der Waals surface area contributed by atoms with Crippen LogP contribution < -0.4 is 14.8 Å². The molecule has 0 unspecified atom stereocenters. The Bertz CT molecular complexity index is 1040. The fraction of sp³-hybridized carbons (Fsp3) is 0.360. The van der Waals surface area contributed by atoms with Gasteiger partial charge in [-0.2, -0.15) is 0 Å².